The van der Waals surface area contributed by atoms with E-state index in [9.17, 15) is 14.6 Å². The van der Waals surface area contributed by atoms with E-state index in [4.69, 9.17) is 13.8 Å². The molecule has 19 heavy (non-hydrogen) atoms. The molecule has 0 rings (SSSR count). The lowest BCUT2D eigenvalue weighted by Crippen LogP contribution is -2.37. The molecule has 8 heteroatoms. The fourth-order valence-corrected chi connectivity index (χ4v) is 1.61. The molecule has 0 saturated heterocycles. The molecule has 0 fully saturated rings. The van der Waals surface area contributed by atoms with Gasteiger partial charge in [0.2, 0.25) is 0 Å². The Hall–Kier alpha value is -0.270. The average Bonchev–Trinajstić information content (AvgIpc) is 2.21. The molecule has 0 aliphatic heterocycles. The lowest BCUT2D eigenvalue weighted by Gasteiger charge is -2.24. The van der Waals surface area contributed by atoms with Crippen molar-refractivity contribution in [2.24, 2.45) is 0 Å². The molecule has 0 heterocycles. The molecule has 0 amide bonds. The second-order valence-corrected chi connectivity index (χ2v) is 6.67. The summed E-state index contributed by atoms with van der Waals surface area (Å²) in [5.74, 6) is 0. The molecule has 0 aliphatic carbocycles. The Morgan fingerprint density at radius 3 is 2.26 bits per heavy atom. The first kappa shape index (κ1) is 18.7. The predicted octanol–water partition coefficient (Wildman–Crippen LogP) is 0.737. The van der Waals surface area contributed by atoms with Gasteiger partial charge in [0.25, 0.3) is 0 Å². The van der Waals surface area contributed by atoms with Crippen LogP contribution in [0, 0.1) is 0 Å². The minimum atomic E-state index is -4.06. The van der Waals surface area contributed by atoms with Crippen LogP contribution in [-0.4, -0.2) is 68.3 Å². The highest BCUT2D eigenvalue weighted by Crippen LogP contribution is 2.42. The van der Waals surface area contributed by atoms with Crippen LogP contribution in [0.3, 0.4) is 0 Å². The summed E-state index contributed by atoms with van der Waals surface area (Å²) in [6.45, 7) is 5.63. The third-order valence-electron chi connectivity index (χ3n) is 2.05. The summed E-state index contributed by atoms with van der Waals surface area (Å²) in [6.07, 6.45) is -1.10. The molecule has 0 aliphatic rings. The summed E-state index contributed by atoms with van der Waals surface area (Å²) in [5.41, 5.74) is 0.450. The van der Waals surface area contributed by atoms with E-state index in [0.29, 0.717) is 16.6 Å². The molecule has 7 nitrogen and oxygen atoms in total. The molecule has 2 unspecified atom stereocenters. The van der Waals surface area contributed by atoms with Gasteiger partial charge in [0.15, 0.2) is 6.29 Å². The van der Waals surface area contributed by atoms with Crippen molar-refractivity contribution in [1.82, 2.24) is 0 Å². The summed E-state index contributed by atoms with van der Waals surface area (Å²) < 4.78 is 26.5. The highest BCUT2D eigenvalue weighted by Gasteiger charge is 2.22. The van der Waals surface area contributed by atoms with Gasteiger partial charge in [-0.2, -0.15) is 0 Å². The maximum atomic E-state index is 11.4. The van der Waals surface area contributed by atoms with Gasteiger partial charge in [0.1, 0.15) is 13.2 Å². The Balaban J connectivity index is 3.79. The molecule has 0 aromatic carbocycles. The number of phosphoric acid groups is 1. The molecule has 0 saturated carbocycles. The second kappa shape index (κ2) is 8.11. The number of hydrogen-bond acceptors (Lipinski definition) is 5. The van der Waals surface area contributed by atoms with E-state index in [1.54, 1.807) is 6.92 Å². The van der Waals surface area contributed by atoms with Gasteiger partial charge in [-0.3, -0.25) is 9.05 Å². The van der Waals surface area contributed by atoms with Crippen LogP contribution < -0.4 is 0 Å². The van der Waals surface area contributed by atoms with Crippen molar-refractivity contribution in [1.29, 1.82) is 0 Å². The van der Waals surface area contributed by atoms with Crippen LogP contribution in [0.5, 0.6) is 0 Å². The molecular formula is C11H25NO6P+. The van der Waals surface area contributed by atoms with Crippen molar-refractivity contribution >= 4 is 7.82 Å². The number of aliphatic hydroxyl groups is 1. The summed E-state index contributed by atoms with van der Waals surface area (Å²) >= 11 is 0. The van der Waals surface area contributed by atoms with Crippen molar-refractivity contribution in [3.8, 4) is 0 Å². The average molecular weight is 298 g/mol. The van der Waals surface area contributed by atoms with Crippen LogP contribution in [0.25, 0.3) is 0 Å². The first-order chi connectivity index (χ1) is 8.53. The standard InChI is InChI=1S/C11H24NO6P/c1-10(2)11(13)16-8-9-18-19(14,15)17-7-6-12(3,4)5/h11,13H,1,6-9H2,2-5H3/p+1. The lowest BCUT2D eigenvalue weighted by molar-refractivity contribution is -0.870. The van der Waals surface area contributed by atoms with Crippen LogP contribution >= 0.6 is 7.82 Å². The van der Waals surface area contributed by atoms with Gasteiger partial charge in [-0.1, -0.05) is 6.58 Å². The van der Waals surface area contributed by atoms with E-state index in [0.717, 1.165) is 0 Å². The van der Waals surface area contributed by atoms with Gasteiger partial charge in [-0.25, -0.2) is 4.57 Å². The number of rotatable bonds is 10. The zero-order valence-electron chi connectivity index (χ0n) is 12.0. The van der Waals surface area contributed by atoms with Crippen LogP contribution in [0.4, 0.5) is 0 Å². The van der Waals surface area contributed by atoms with Gasteiger partial charge in [-0.05, 0) is 12.5 Å². The topological polar surface area (TPSA) is 85.2 Å². The number of nitrogens with zero attached hydrogens (tertiary/aromatic N) is 1. The van der Waals surface area contributed by atoms with Gasteiger partial charge in [0.05, 0.1) is 34.4 Å². The largest absolute Gasteiger partial charge is 0.472 e. The third-order valence-corrected chi connectivity index (χ3v) is 3.07. The number of likely N-dealkylation sites (N-methyl/N-ethyl adjacent to an activating group) is 1. The smallest absolute Gasteiger partial charge is 0.364 e. The number of aliphatic hydroxyl groups excluding tert-OH is 1. The maximum Gasteiger partial charge on any atom is 0.472 e. The van der Waals surface area contributed by atoms with Crippen molar-refractivity contribution in [3.05, 3.63) is 12.2 Å². The molecule has 0 radical (unpaired) electrons. The number of phosphoric ester groups is 1. The Morgan fingerprint density at radius 1 is 1.26 bits per heavy atom. The zero-order chi connectivity index (χ0) is 15.1. The van der Waals surface area contributed by atoms with E-state index >= 15 is 0 Å². The Labute approximate surface area is 114 Å². The fourth-order valence-electron chi connectivity index (χ4n) is 0.922. The minimum absolute atomic E-state index is 0.0305. The molecule has 114 valence electrons. The number of ether oxygens (including phenoxy) is 1. The van der Waals surface area contributed by atoms with Gasteiger partial charge >= 0.3 is 7.82 Å². The van der Waals surface area contributed by atoms with Crippen LogP contribution in [0.1, 0.15) is 6.92 Å². The highest BCUT2D eigenvalue weighted by molar-refractivity contribution is 7.47. The van der Waals surface area contributed by atoms with Crippen molar-refractivity contribution in [2.45, 2.75) is 13.2 Å². The summed E-state index contributed by atoms with van der Waals surface area (Å²) in [7, 11) is 1.78. The normalized spacial score (nSPS) is 16.9. The van der Waals surface area contributed by atoms with Crippen molar-refractivity contribution < 1.29 is 32.8 Å². The molecule has 0 spiro atoms. The zero-order valence-corrected chi connectivity index (χ0v) is 12.9. The summed E-state index contributed by atoms with van der Waals surface area (Å²) in [5, 5.41) is 9.24. The SMILES string of the molecule is C=C(C)C(O)OCCOP(=O)(O)OCC[N+](C)(C)C. The molecule has 0 aromatic rings. The van der Waals surface area contributed by atoms with Crippen LogP contribution in [-0.2, 0) is 18.3 Å². The molecule has 0 bridgehead atoms. The van der Waals surface area contributed by atoms with E-state index in [-0.39, 0.29) is 19.8 Å². The predicted molar refractivity (Wildman–Crippen MR) is 71.4 cm³/mol. The number of quaternary nitrogens is 1. The first-order valence-corrected chi connectivity index (χ1v) is 7.40. The van der Waals surface area contributed by atoms with Gasteiger partial charge in [-0.15, -0.1) is 0 Å². The molecular weight excluding hydrogens is 273 g/mol. The maximum absolute atomic E-state index is 11.4. The quantitative estimate of drug-likeness (QED) is 0.203. The van der Waals surface area contributed by atoms with Crippen molar-refractivity contribution in [3.63, 3.8) is 0 Å². The Bertz CT molecular complexity index is 328. The second-order valence-electron chi connectivity index (χ2n) is 5.22. The van der Waals surface area contributed by atoms with E-state index < -0.39 is 14.1 Å². The fraction of sp³-hybridized carbons (Fsp3) is 0.818. The van der Waals surface area contributed by atoms with E-state index in [1.165, 1.54) is 0 Å². The van der Waals surface area contributed by atoms with E-state index in [2.05, 4.69) is 6.58 Å². The van der Waals surface area contributed by atoms with Gasteiger partial charge < -0.3 is 19.2 Å². The first-order valence-electron chi connectivity index (χ1n) is 5.91. The molecule has 2 atom stereocenters. The summed E-state index contributed by atoms with van der Waals surface area (Å²) in [4.78, 5) is 9.35. The Morgan fingerprint density at radius 2 is 1.79 bits per heavy atom. The van der Waals surface area contributed by atoms with Crippen LogP contribution in [0.2, 0.25) is 0 Å². The minimum Gasteiger partial charge on any atom is -0.364 e. The van der Waals surface area contributed by atoms with Gasteiger partial charge in [0, 0.05) is 0 Å². The number of hydrogen-bond donors (Lipinski definition) is 2. The monoisotopic (exact) mass is 298 g/mol. The third kappa shape index (κ3) is 11.3. The van der Waals surface area contributed by atoms with E-state index in [1.807, 2.05) is 21.1 Å². The highest BCUT2D eigenvalue weighted by atomic mass is 31.2. The Kier molecular flexibility index (Phi) is 8.00. The molecule has 0 aromatic heterocycles. The lowest BCUT2D eigenvalue weighted by atomic mass is 10.3. The summed E-state index contributed by atoms with van der Waals surface area (Å²) in [6, 6.07) is 0. The van der Waals surface area contributed by atoms with Crippen molar-refractivity contribution in [2.75, 3.05) is 47.5 Å². The molecule has 2 N–H and O–H groups in total. The van der Waals surface area contributed by atoms with Crippen LogP contribution in [0.15, 0.2) is 12.2 Å².